The van der Waals surface area contributed by atoms with Crippen molar-refractivity contribution in [1.29, 1.82) is 0 Å². The van der Waals surface area contributed by atoms with Gasteiger partial charge in [0.05, 0.1) is 0 Å². The molecule has 6 aliphatic rings. The van der Waals surface area contributed by atoms with Crippen molar-refractivity contribution >= 4 is 0 Å². The van der Waals surface area contributed by atoms with Crippen molar-refractivity contribution in [2.45, 2.75) is 334 Å². The smallest absolute Gasteiger partial charge is 0.435 e. The molecule has 6 aromatic carbocycles. The van der Waals surface area contributed by atoms with Crippen LogP contribution in [0.25, 0.3) is 11.1 Å². The predicted molar refractivity (Wildman–Crippen MR) is 437 cm³/mol. The van der Waals surface area contributed by atoms with Gasteiger partial charge in [-0.2, -0.15) is 8.78 Å². The van der Waals surface area contributed by atoms with Crippen LogP contribution in [0.1, 0.15) is 342 Å². The fourth-order valence-corrected chi connectivity index (χ4v) is 19.4. The van der Waals surface area contributed by atoms with Crippen LogP contribution in [0.2, 0.25) is 0 Å². The summed E-state index contributed by atoms with van der Waals surface area (Å²) in [4.78, 5) is 0. The first-order valence-corrected chi connectivity index (χ1v) is 43.8. The molecule has 6 saturated carbocycles. The molecule has 0 aromatic heterocycles. The second-order valence-corrected chi connectivity index (χ2v) is 33.9. The van der Waals surface area contributed by atoms with Crippen molar-refractivity contribution in [2.24, 2.45) is 47.3 Å². The van der Waals surface area contributed by atoms with Crippen LogP contribution in [-0.4, -0.2) is 25.7 Å². The largest absolute Gasteiger partial charge is 0.573 e. The number of rotatable bonds is 28. The maximum Gasteiger partial charge on any atom is 0.573 e. The first kappa shape index (κ1) is 90.2. The van der Waals surface area contributed by atoms with Crippen LogP contribution >= 0.6 is 0 Å². The van der Waals surface area contributed by atoms with Gasteiger partial charge < -0.3 is 18.9 Å². The van der Waals surface area contributed by atoms with E-state index >= 15 is 0 Å². The Morgan fingerprint density at radius 3 is 0.761 bits per heavy atom. The molecule has 6 fully saturated rings. The van der Waals surface area contributed by atoms with Crippen molar-refractivity contribution in [3.8, 4) is 46.0 Å². The number of hydrogen-bond donors (Lipinski definition) is 0. The molecule has 0 N–H and O–H groups in total. The molecule has 0 heterocycles. The van der Waals surface area contributed by atoms with Crippen molar-refractivity contribution in [1.82, 2.24) is 0 Å². The van der Waals surface area contributed by atoms with Gasteiger partial charge in [0.1, 0.15) is 23.0 Å². The molecule has 15 heteroatoms. The molecule has 6 aromatic rings. The Kier molecular flexibility index (Phi) is 37.4. The van der Waals surface area contributed by atoms with E-state index in [1.165, 1.54) is 322 Å². The molecule has 12 rings (SSSR count). The van der Waals surface area contributed by atoms with Gasteiger partial charge in [-0.3, -0.25) is 0 Å². The van der Waals surface area contributed by atoms with E-state index in [1.54, 1.807) is 24.3 Å². The van der Waals surface area contributed by atoms with Crippen molar-refractivity contribution in [3.05, 3.63) is 179 Å². The number of halogens is 11. The Balaban J connectivity index is 0.000000173. The number of unbranched alkanes of at least 4 members (excludes halogenated alkanes) is 8. The monoisotopic (exact) mass is 1580 g/mol. The normalized spacial score (nSPS) is 24.1. The second-order valence-electron chi connectivity index (χ2n) is 33.9. The molecule has 0 saturated heterocycles. The summed E-state index contributed by atoms with van der Waals surface area (Å²) >= 11 is 0. The zero-order valence-electron chi connectivity index (χ0n) is 67.9. The lowest BCUT2D eigenvalue weighted by Crippen LogP contribution is -2.25. The highest BCUT2D eigenvalue weighted by molar-refractivity contribution is 5.64. The summed E-state index contributed by atoms with van der Waals surface area (Å²) in [7, 11) is 0. The van der Waals surface area contributed by atoms with Crippen LogP contribution in [0, 0.1) is 59.2 Å². The molecule has 6 aliphatic carbocycles. The predicted octanol–water partition coefficient (Wildman–Crippen LogP) is 32.1. The summed E-state index contributed by atoms with van der Waals surface area (Å²) in [6.07, 6.45) is 40.0. The summed E-state index contributed by atoms with van der Waals surface area (Å²) in [5, 5.41) is 0. The molecule has 113 heavy (non-hydrogen) atoms. The van der Waals surface area contributed by atoms with Crippen LogP contribution in [0.15, 0.2) is 146 Å². The van der Waals surface area contributed by atoms with Crippen molar-refractivity contribution in [3.63, 3.8) is 0 Å². The zero-order chi connectivity index (χ0) is 80.4. The first-order chi connectivity index (χ1) is 54.5. The van der Waals surface area contributed by atoms with Crippen LogP contribution in [0.3, 0.4) is 0 Å². The molecule has 0 atom stereocenters. The van der Waals surface area contributed by atoms with Crippen LogP contribution in [0.5, 0.6) is 23.0 Å². The Morgan fingerprint density at radius 1 is 0.274 bits per heavy atom. The Morgan fingerprint density at radius 2 is 0.487 bits per heavy atom. The highest BCUT2D eigenvalue weighted by Gasteiger charge is 2.36. The molecule has 0 bridgehead atoms. The summed E-state index contributed by atoms with van der Waals surface area (Å²) in [5.41, 5.74) is 8.67. The second kappa shape index (κ2) is 46.9. The average molecular weight is 1580 g/mol. The maximum atomic E-state index is 12.3. The third-order valence-electron chi connectivity index (χ3n) is 26.0. The third-order valence-corrected chi connectivity index (χ3v) is 26.0. The third kappa shape index (κ3) is 32.7. The Hall–Kier alpha value is -6.69. The van der Waals surface area contributed by atoms with Gasteiger partial charge in [-0.15, -0.1) is 39.5 Å². The van der Waals surface area contributed by atoms with Gasteiger partial charge in [-0.05, 0) is 306 Å². The van der Waals surface area contributed by atoms with E-state index in [0.29, 0.717) is 29.2 Å². The Bertz CT molecular complexity index is 3590. The molecule has 0 spiro atoms. The van der Waals surface area contributed by atoms with E-state index < -0.39 is 25.7 Å². The maximum absolute atomic E-state index is 12.3. The summed E-state index contributed by atoms with van der Waals surface area (Å²) < 4.78 is 151. The molecular weight excluding hydrogens is 1450 g/mol. The van der Waals surface area contributed by atoms with E-state index in [4.69, 9.17) is 0 Å². The van der Waals surface area contributed by atoms with E-state index in [9.17, 15) is 48.3 Å². The van der Waals surface area contributed by atoms with Gasteiger partial charge in [-0.1, -0.05) is 241 Å². The quantitative estimate of drug-likeness (QED) is 0.0279. The molecule has 0 unspecified atom stereocenters. The standard InChI is InChI=1S/C26H29F3O.C24H35F3O.C24H29F3O.C24H36F2O/c1-2-3-4-5-20-8-14-23(15-9-20)24-16-10-21(11-17-24)6-7-22-12-18-25(19-13-22)30-26(27,28)29;2*1-2-3-4-5-18-6-8-19(9-7-18)20-10-12-21(13-11-20)22-14-16-23(17-15-22)28-24(25,26)27;1-2-3-4-5-18-6-8-19(9-7-18)20-10-12-21(13-11-20)22-14-16-23(17-15-22)27-24(25)26/h10-13,16-20,23H,2-5,8-9,14-15H2,1H3;14-21H,2-13H2,1H3;10-19H,2-9H2,1H3;14-21,24H,2-13H2,1H3. The lowest BCUT2D eigenvalue weighted by molar-refractivity contribution is -0.275. The lowest BCUT2D eigenvalue weighted by atomic mass is 9.68. The fraction of sp³-hybridized carbons (Fsp3) is 0.612. The summed E-state index contributed by atoms with van der Waals surface area (Å²) in [6.45, 7) is 6.34. The molecular formula is C98H129F11O4. The highest BCUT2D eigenvalue weighted by Crippen LogP contribution is 2.48. The molecule has 4 nitrogen and oxygen atoms in total. The van der Waals surface area contributed by atoms with E-state index in [1.807, 2.05) is 36.4 Å². The molecule has 622 valence electrons. The minimum Gasteiger partial charge on any atom is -0.435 e. The minimum atomic E-state index is -4.68. The summed E-state index contributed by atoms with van der Waals surface area (Å²) in [6, 6.07) is 42.4. The highest BCUT2D eigenvalue weighted by atomic mass is 19.4. The summed E-state index contributed by atoms with van der Waals surface area (Å²) in [5.74, 6) is 15.6. The SMILES string of the molecule is CCCCCC1CCC(C2CCC(c3ccc(OC(F)(F)F)cc3)CC2)CC1.CCCCCC1CCC(C2CCC(c3ccc(OC(F)F)cc3)CC2)CC1.CCCCCC1CCC(c2ccc(-c3ccc(OC(F)(F)F)cc3)cc2)CC1.CCCCCC1CCC(c2ccc(C#Cc3ccc(OC(F)(F)F)cc3)cc2)CC1. The first-order valence-electron chi connectivity index (χ1n) is 43.8. The number of hydrogen-bond acceptors (Lipinski definition) is 4. The molecule has 0 amide bonds. The molecule has 0 aliphatic heterocycles. The van der Waals surface area contributed by atoms with Crippen LogP contribution in [-0.2, 0) is 0 Å². The lowest BCUT2D eigenvalue weighted by Gasteiger charge is -2.38. The Labute approximate surface area is 670 Å². The van der Waals surface area contributed by atoms with Gasteiger partial charge in [0.15, 0.2) is 0 Å². The van der Waals surface area contributed by atoms with Gasteiger partial charge in [0.2, 0.25) is 0 Å². The van der Waals surface area contributed by atoms with Crippen molar-refractivity contribution < 1.29 is 67.2 Å². The van der Waals surface area contributed by atoms with E-state index in [-0.39, 0.29) is 23.0 Å². The average Bonchev–Trinajstić information content (AvgIpc) is 0.729. The number of benzene rings is 6. The van der Waals surface area contributed by atoms with Gasteiger partial charge in [0, 0.05) is 11.1 Å². The fourth-order valence-electron chi connectivity index (χ4n) is 19.4. The van der Waals surface area contributed by atoms with Crippen LogP contribution in [0.4, 0.5) is 48.3 Å². The minimum absolute atomic E-state index is 0.124. The topological polar surface area (TPSA) is 36.9 Å². The van der Waals surface area contributed by atoms with Gasteiger partial charge in [0.25, 0.3) is 0 Å². The molecule has 0 radical (unpaired) electrons. The number of alkyl halides is 11. The van der Waals surface area contributed by atoms with Gasteiger partial charge >= 0.3 is 25.7 Å². The zero-order valence-corrected chi connectivity index (χ0v) is 67.9. The van der Waals surface area contributed by atoms with Gasteiger partial charge in [-0.25, -0.2) is 0 Å². The van der Waals surface area contributed by atoms with E-state index in [0.717, 1.165) is 69.6 Å². The number of ether oxygens (including phenoxy) is 4. The van der Waals surface area contributed by atoms with Crippen LogP contribution < -0.4 is 18.9 Å². The van der Waals surface area contributed by atoms with Crippen molar-refractivity contribution in [2.75, 3.05) is 0 Å². The van der Waals surface area contributed by atoms with E-state index in [2.05, 4.69) is 94.9 Å².